The fourth-order valence-electron chi connectivity index (χ4n) is 7.90. The Labute approximate surface area is 306 Å². The van der Waals surface area contributed by atoms with Crippen LogP contribution in [0.3, 0.4) is 0 Å². The molecule has 4 heteroatoms. The third-order valence-electron chi connectivity index (χ3n) is 10.4. The molecule has 0 bridgehead atoms. The molecule has 0 aliphatic rings. The van der Waals surface area contributed by atoms with Gasteiger partial charge in [-0.2, -0.15) is 0 Å². The van der Waals surface area contributed by atoms with Crippen molar-refractivity contribution in [1.29, 1.82) is 0 Å². The second kappa shape index (κ2) is 14.0. The highest BCUT2D eigenvalue weighted by Crippen LogP contribution is 2.52. The van der Waals surface area contributed by atoms with E-state index in [4.69, 9.17) is 0 Å². The van der Waals surface area contributed by atoms with E-state index in [1.54, 1.807) is 0 Å². The van der Waals surface area contributed by atoms with E-state index < -0.39 is 14.3 Å². The van der Waals surface area contributed by atoms with Gasteiger partial charge in [-0.05, 0) is 57.6 Å². The van der Waals surface area contributed by atoms with Gasteiger partial charge in [0.25, 0.3) is 0 Å². The van der Waals surface area contributed by atoms with Crippen LogP contribution in [0.25, 0.3) is 32.7 Å². The van der Waals surface area contributed by atoms with Gasteiger partial charge in [0.15, 0.2) is 14.3 Å². The highest BCUT2D eigenvalue weighted by Gasteiger charge is 2.38. The number of rotatable bonds is 9. The third-order valence-corrected chi connectivity index (χ3v) is 16.6. The van der Waals surface area contributed by atoms with Crippen molar-refractivity contribution in [2.75, 3.05) is 0 Å². The standard InChI is InChI=1S/C48H40O2P2/c1-3-35-19-17-29-43-41(35)31-33-45(51(49,37-21-9-5-10-22-37)38-23-11-6-12-24-38)47(43)48-44-30-18-20-36(4-2)42(44)32-34-46(48)52(50,39-25-13-7-14-26-39)40-27-15-8-16-28-40/h5-34H,3-4H2,1-2H3. The molecule has 2 nitrogen and oxygen atoms in total. The minimum absolute atomic E-state index is 0.744. The molecule has 0 radical (unpaired) electrons. The maximum atomic E-state index is 16.5. The van der Waals surface area contributed by atoms with E-state index in [0.29, 0.717) is 0 Å². The second-order valence-electron chi connectivity index (χ2n) is 13.2. The predicted octanol–water partition coefficient (Wildman–Crippen LogP) is 10.1. The molecule has 8 aromatic rings. The minimum Gasteiger partial charge on any atom is -0.309 e. The van der Waals surface area contributed by atoms with Crippen LogP contribution in [0.4, 0.5) is 0 Å². The van der Waals surface area contributed by atoms with Gasteiger partial charge < -0.3 is 9.13 Å². The molecular weight excluding hydrogens is 670 g/mol. The van der Waals surface area contributed by atoms with Gasteiger partial charge in [-0.15, -0.1) is 0 Å². The fourth-order valence-corrected chi connectivity index (χ4v) is 13.6. The molecule has 0 spiro atoms. The van der Waals surface area contributed by atoms with Gasteiger partial charge in [0, 0.05) is 43.0 Å². The van der Waals surface area contributed by atoms with Crippen LogP contribution in [0, 0.1) is 0 Å². The number of hydrogen-bond donors (Lipinski definition) is 0. The molecule has 254 valence electrons. The second-order valence-corrected chi connectivity index (χ2v) is 18.7. The molecular formula is C48H40O2P2. The van der Waals surface area contributed by atoms with Crippen LogP contribution < -0.4 is 31.8 Å². The Kier molecular flexibility index (Phi) is 9.15. The normalized spacial score (nSPS) is 12.0. The van der Waals surface area contributed by atoms with Gasteiger partial charge in [-0.25, -0.2) is 0 Å². The van der Waals surface area contributed by atoms with Crippen molar-refractivity contribution in [3.63, 3.8) is 0 Å². The summed E-state index contributed by atoms with van der Waals surface area (Å²) in [6.07, 6.45) is 1.69. The first-order valence-corrected chi connectivity index (χ1v) is 21.4. The molecule has 52 heavy (non-hydrogen) atoms. The van der Waals surface area contributed by atoms with Crippen LogP contribution in [0.15, 0.2) is 182 Å². The van der Waals surface area contributed by atoms with E-state index in [2.05, 4.69) is 74.5 Å². The maximum Gasteiger partial charge on any atom is 0.171 e. The molecule has 8 rings (SSSR count). The number of fused-ring (bicyclic) bond motifs is 2. The molecule has 0 unspecified atom stereocenters. The lowest BCUT2D eigenvalue weighted by Gasteiger charge is -2.29. The molecule has 0 fully saturated rings. The summed E-state index contributed by atoms with van der Waals surface area (Å²) in [5.41, 5.74) is 4.18. The average molecular weight is 711 g/mol. The Bertz CT molecular complexity index is 2360. The lowest BCUT2D eigenvalue weighted by atomic mass is 9.90. The highest BCUT2D eigenvalue weighted by atomic mass is 31.2. The summed E-state index contributed by atoms with van der Waals surface area (Å²) in [5, 5.41) is 8.78. The van der Waals surface area contributed by atoms with Gasteiger partial charge in [-0.1, -0.05) is 184 Å². The van der Waals surface area contributed by atoms with E-state index in [1.807, 2.05) is 121 Å². The zero-order valence-electron chi connectivity index (χ0n) is 29.4. The minimum atomic E-state index is -3.51. The largest absolute Gasteiger partial charge is 0.309 e. The Morgan fingerprint density at radius 3 is 0.923 bits per heavy atom. The van der Waals surface area contributed by atoms with Gasteiger partial charge >= 0.3 is 0 Å². The van der Waals surface area contributed by atoms with E-state index in [-0.39, 0.29) is 0 Å². The summed E-state index contributed by atoms with van der Waals surface area (Å²) in [5.74, 6) is 0. The summed E-state index contributed by atoms with van der Waals surface area (Å²) in [7, 11) is -7.02. The highest BCUT2D eigenvalue weighted by molar-refractivity contribution is 7.86. The summed E-state index contributed by atoms with van der Waals surface area (Å²) in [4.78, 5) is 0. The molecule has 0 aliphatic carbocycles. The summed E-state index contributed by atoms with van der Waals surface area (Å²) in [6.45, 7) is 4.36. The van der Waals surface area contributed by atoms with E-state index in [0.717, 1.165) is 77.3 Å². The molecule has 0 atom stereocenters. The Balaban J connectivity index is 1.63. The van der Waals surface area contributed by atoms with Gasteiger partial charge in [0.1, 0.15) is 0 Å². The molecule has 0 saturated carbocycles. The first-order chi connectivity index (χ1) is 25.5. The van der Waals surface area contributed by atoms with Crippen LogP contribution in [0.1, 0.15) is 25.0 Å². The van der Waals surface area contributed by atoms with Crippen molar-refractivity contribution in [3.05, 3.63) is 193 Å². The quantitative estimate of drug-likeness (QED) is 0.140. The van der Waals surface area contributed by atoms with E-state index >= 15 is 9.13 Å². The summed E-state index contributed by atoms with van der Waals surface area (Å²) >= 11 is 0. The number of benzene rings is 8. The van der Waals surface area contributed by atoms with Gasteiger partial charge in [0.05, 0.1) is 0 Å². The molecule has 0 heterocycles. The van der Waals surface area contributed by atoms with Crippen molar-refractivity contribution >= 4 is 67.7 Å². The summed E-state index contributed by atoms with van der Waals surface area (Å²) < 4.78 is 33.0. The molecule has 0 aliphatic heterocycles. The van der Waals surface area contributed by atoms with E-state index in [1.165, 1.54) is 11.1 Å². The van der Waals surface area contributed by atoms with Crippen molar-refractivity contribution in [1.82, 2.24) is 0 Å². The average Bonchev–Trinajstić information content (AvgIpc) is 3.23. The Morgan fingerprint density at radius 1 is 0.327 bits per heavy atom. The topological polar surface area (TPSA) is 34.1 Å². The lowest BCUT2D eigenvalue weighted by molar-refractivity contribution is 0.591. The fraction of sp³-hybridized carbons (Fsp3) is 0.0833. The molecule has 0 aromatic heterocycles. The predicted molar refractivity (Wildman–Crippen MR) is 224 cm³/mol. The first kappa shape index (κ1) is 33.9. The van der Waals surface area contributed by atoms with Crippen molar-refractivity contribution in [2.45, 2.75) is 26.7 Å². The third kappa shape index (κ3) is 5.50. The Morgan fingerprint density at radius 2 is 0.635 bits per heavy atom. The van der Waals surface area contributed by atoms with Gasteiger partial charge in [-0.3, -0.25) is 0 Å². The van der Waals surface area contributed by atoms with Crippen LogP contribution in [0.5, 0.6) is 0 Å². The Hall–Kier alpha value is -5.26. The maximum absolute atomic E-state index is 16.5. The zero-order chi connectivity index (χ0) is 35.7. The molecule has 8 aromatic carbocycles. The molecule has 0 saturated heterocycles. The van der Waals surface area contributed by atoms with Crippen LogP contribution >= 0.6 is 14.3 Å². The number of aryl methyl sites for hydroxylation is 2. The monoisotopic (exact) mass is 710 g/mol. The summed E-state index contributed by atoms with van der Waals surface area (Å²) in [6, 6.07) is 61.0. The molecule has 0 N–H and O–H groups in total. The van der Waals surface area contributed by atoms with Crippen molar-refractivity contribution < 1.29 is 9.13 Å². The van der Waals surface area contributed by atoms with Crippen LogP contribution in [0.2, 0.25) is 0 Å². The van der Waals surface area contributed by atoms with Crippen molar-refractivity contribution in [3.8, 4) is 11.1 Å². The van der Waals surface area contributed by atoms with Crippen molar-refractivity contribution in [2.24, 2.45) is 0 Å². The number of hydrogen-bond acceptors (Lipinski definition) is 2. The van der Waals surface area contributed by atoms with E-state index in [9.17, 15) is 0 Å². The van der Waals surface area contributed by atoms with Crippen LogP contribution in [-0.2, 0) is 22.0 Å². The van der Waals surface area contributed by atoms with Gasteiger partial charge in [0.2, 0.25) is 0 Å². The SMILES string of the molecule is CCc1cccc2c(-c3c(P(=O)(c4ccccc4)c4ccccc4)ccc4c(CC)cccc34)c(P(=O)(c3ccccc3)c3ccccc3)ccc12. The van der Waals surface area contributed by atoms with Crippen LogP contribution in [-0.4, -0.2) is 0 Å². The smallest absolute Gasteiger partial charge is 0.171 e. The zero-order valence-corrected chi connectivity index (χ0v) is 31.2. The molecule has 0 amide bonds. The lowest BCUT2D eigenvalue weighted by Crippen LogP contribution is -2.30. The first-order valence-electron chi connectivity index (χ1n) is 18.0.